The molecule has 0 atom stereocenters. The Balaban J connectivity index is 1.21. The first-order chi connectivity index (χ1) is 16.0. The molecule has 2 fully saturated rings. The van der Waals surface area contributed by atoms with E-state index in [1.54, 1.807) is 0 Å². The van der Waals surface area contributed by atoms with E-state index < -0.39 is 15.7 Å². The fourth-order valence-electron chi connectivity index (χ4n) is 4.38. The highest BCUT2D eigenvalue weighted by Crippen LogP contribution is 2.30. The van der Waals surface area contributed by atoms with Crippen molar-refractivity contribution >= 4 is 15.9 Å². The highest BCUT2D eigenvalue weighted by Gasteiger charge is 2.30. The summed E-state index contributed by atoms with van der Waals surface area (Å²) >= 11 is 0. The number of anilines is 1. The summed E-state index contributed by atoms with van der Waals surface area (Å²) in [5.74, 6) is 0.162. The van der Waals surface area contributed by atoms with Crippen LogP contribution in [0, 0.1) is 5.82 Å². The van der Waals surface area contributed by atoms with Gasteiger partial charge in [0.2, 0.25) is 0 Å². The second kappa shape index (κ2) is 9.81. The fourth-order valence-corrected chi connectivity index (χ4v) is 5.01. The van der Waals surface area contributed by atoms with Crippen LogP contribution in [0.25, 0.3) is 0 Å². The normalized spacial score (nSPS) is 22.7. The molecule has 0 bridgehead atoms. The Kier molecular flexibility index (Phi) is 7.19. The minimum absolute atomic E-state index is 0.0470. The number of rotatable bonds is 6. The molecule has 1 aliphatic heterocycles. The summed E-state index contributed by atoms with van der Waals surface area (Å²) < 4.78 is 55.1. The maximum atomic E-state index is 14.3. The van der Waals surface area contributed by atoms with E-state index in [1.165, 1.54) is 12.1 Å². The Morgan fingerprint density at radius 2 is 1.65 bits per heavy atom. The first-order valence-corrected chi connectivity index (χ1v) is 13.8. The van der Waals surface area contributed by atoms with Crippen LogP contribution >= 0.6 is 0 Å². The molecule has 34 heavy (non-hydrogen) atoms. The van der Waals surface area contributed by atoms with Crippen molar-refractivity contribution in [3.63, 3.8) is 0 Å². The van der Waals surface area contributed by atoms with E-state index in [4.69, 9.17) is 14.0 Å². The maximum absolute atomic E-state index is 14.3. The van der Waals surface area contributed by atoms with Gasteiger partial charge in [-0.2, -0.15) is 4.98 Å². The van der Waals surface area contributed by atoms with Gasteiger partial charge in [-0.05, 0) is 56.7 Å². The molecule has 0 unspecified atom stereocenters. The van der Waals surface area contributed by atoms with E-state index in [-0.39, 0.29) is 34.4 Å². The smallest absolute Gasteiger partial charge is 0.324 e. The van der Waals surface area contributed by atoms with E-state index in [2.05, 4.69) is 35.8 Å². The Morgan fingerprint density at radius 1 is 1.03 bits per heavy atom. The molecule has 0 radical (unpaired) electrons. The van der Waals surface area contributed by atoms with Gasteiger partial charge in [-0.15, -0.1) is 0 Å². The maximum Gasteiger partial charge on any atom is 0.324 e. The van der Waals surface area contributed by atoms with Gasteiger partial charge in [0.1, 0.15) is 0 Å². The quantitative estimate of drug-likeness (QED) is 0.586. The van der Waals surface area contributed by atoms with Crippen molar-refractivity contribution in [1.29, 1.82) is 0 Å². The van der Waals surface area contributed by atoms with E-state index >= 15 is 0 Å². The predicted molar refractivity (Wildman–Crippen MR) is 125 cm³/mol. The molecule has 1 aliphatic carbocycles. The molecule has 0 amide bonds. The molecule has 2 aliphatic rings. The average molecular weight is 496 g/mol. The molecular weight excluding hydrogens is 461 g/mol. The summed E-state index contributed by atoms with van der Waals surface area (Å²) in [5, 5.41) is 4.11. The summed E-state index contributed by atoms with van der Waals surface area (Å²) in [5.41, 5.74) is -0.142. The SMILES string of the molecule is CC(C)(C)c1noc(N2CCC(OC3CCC(Oc4ccc(S(C)(=O)=O)cc4F)CC3)CC2)n1. The van der Waals surface area contributed by atoms with Crippen LogP contribution in [-0.4, -0.2) is 56.2 Å². The van der Waals surface area contributed by atoms with Gasteiger partial charge < -0.3 is 18.9 Å². The minimum Gasteiger partial charge on any atom is -0.487 e. The van der Waals surface area contributed by atoms with Gasteiger partial charge in [0, 0.05) is 24.8 Å². The molecule has 10 heteroatoms. The molecule has 0 N–H and O–H groups in total. The average Bonchev–Trinajstić information content (AvgIpc) is 3.27. The van der Waals surface area contributed by atoms with Crippen molar-refractivity contribution in [1.82, 2.24) is 10.1 Å². The number of aromatic nitrogens is 2. The Hall–Kier alpha value is -2.20. The summed E-state index contributed by atoms with van der Waals surface area (Å²) in [6.45, 7) is 7.82. The number of benzene rings is 1. The molecular formula is C24H34FN3O5S. The molecule has 4 rings (SSSR count). The second-order valence-electron chi connectivity index (χ2n) is 10.4. The van der Waals surface area contributed by atoms with Crippen LogP contribution < -0.4 is 9.64 Å². The molecule has 188 valence electrons. The lowest BCUT2D eigenvalue weighted by Gasteiger charge is -2.35. The molecule has 1 saturated heterocycles. The van der Waals surface area contributed by atoms with Crippen molar-refractivity contribution in [3.8, 4) is 5.75 Å². The lowest BCUT2D eigenvalue weighted by Crippen LogP contribution is -2.40. The van der Waals surface area contributed by atoms with Gasteiger partial charge in [-0.1, -0.05) is 25.9 Å². The van der Waals surface area contributed by atoms with Crippen LogP contribution in [0.5, 0.6) is 5.75 Å². The largest absolute Gasteiger partial charge is 0.487 e. The summed E-state index contributed by atoms with van der Waals surface area (Å²) in [7, 11) is -3.45. The van der Waals surface area contributed by atoms with E-state index in [9.17, 15) is 12.8 Å². The molecule has 2 heterocycles. The van der Waals surface area contributed by atoms with Crippen molar-refractivity contribution in [2.75, 3.05) is 24.2 Å². The number of piperidine rings is 1. The summed E-state index contributed by atoms with van der Waals surface area (Å²) in [4.78, 5) is 6.62. The van der Waals surface area contributed by atoms with Gasteiger partial charge in [-0.3, -0.25) is 0 Å². The van der Waals surface area contributed by atoms with Gasteiger partial charge >= 0.3 is 6.01 Å². The number of sulfone groups is 1. The van der Waals surface area contributed by atoms with Crippen LogP contribution in [-0.2, 0) is 20.0 Å². The fraction of sp³-hybridized carbons (Fsp3) is 0.667. The van der Waals surface area contributed by atoms with Crippen LogP contribution in [0.1, 0.15) is 65.1 Å². The Morgan fingerprint density at radius 3 is 2.21 bits per heavy atom. The van der Waals surface area contributed by atoms with E-state index in [0.29, 0.717) is 11.8 Å². The second-order valence-corrected chi connectivity index (χ2v) is 12.4. The zero-order chi connectivity index (χ0) is 24.5. The number of nitrogens with zero attached hydrogens (tertiary/aromatic N) is 3. The van der Waals surface area contributed by atoms with Gasteiger partial charge in [0.25, 0.3) is 0 Å². The molecule has 0 spiro atoms. The summed E-state index contributed by atoms with van der Waals surface area (Å²) in [6, 6.07) is 4.38. The number of hydrogen-bond acceptors (Lipinski definition) is 8. The van der Waals surface area contributed by atoms with Crippen LogP contribution in [0.4, 0.5) is 10.4 Å². The van der Waals surface area contributed by atoms with E-state index in [0.717, 1.165) is 63.9 Å². The number of hydrogen-bond donors (Lipinski definition) is 0. The van der Waals surface area contributed by atoms with Crippen LogP contribution in [0.15, 0.2) is 27.6 Å². The Labute approximate surface area is 200 Å². The zero-order valence-electron chi connectivity index (χ0n) is 20.3. The lowest BCUT2D eigenvalue weighted by atomic mass is 9.94. The molecule has 1 aromatic heterocycles. The minimum atomic E-state index is -3.45. The number of ether oxygens (including phenoxy) is 2. The van der Waals surface area contributed by atoms with Gasteiger partial charge in [-0.25, -0.2) is 12.8 Å². The van der Waals surface area contributed by atoms with Crippen molar-refractivity contribution in [2.24, 2.45) is 0 Å². The topological polar surface area (TPSA) is 94.8 Å². The highest BCUT2D eigenvalue weighted by molar-refractivity contribution is 7.90. The Bertz CT molecular complexity index is 1080. The molecule has 2 aromatic rings. The van der Waals surface area contributed by atoms with Crippen molar-refractivity contribution in [2.45, 2.75) is 87.9 Å². The lowest BCUT2D eigenvalue weighted by molar-refractivity contribution is -0.0532. The third kappa shape index (κ3) is 6.07. The predicted octanol–water partition coefficient (Wildman–Crippen LogP) is 4.29. The molecule has 1 saturated carbocycles. The third-order valence-electron chi connectivity index (χ3n) is 6.43. The highest BCUT2D eigenvalue weighted by atomic mass is 32.2. The standard InChI is InChI=1S/C24H34FN3O5S/c1-24(2,3)22-26-23(33-27-22)28-13-11-18(12-14-28)31-16-5-7-17(8-6-16)32-21-10-9-19(15-20(21)25)34(4,29)30/h9-10,15-18H,5-8,11-14H2,1-4H3. The first-order valence-electron chi connectivity index (χ1n) is 11.9. The van der Waals surface area contributed by atoms with E-state index in [1.807, 2.05) is 0 Å². The van der Waals surface area contributed by atoms with Crippen LogP contribution in [0.3, 0.4) is 0 Å². The zero-order valence-corrected chi connectivity index (χ0v) is 21.1. The van der Waals surface area contributed by atoms with Gasteiger partial charge in [0.15, 0.2) is 27.2 Å². The van der Waals surface area contributed by atoms with Crippen LogP contribution in [0.2, 0.25) is 0 Å². The third-order valence-corrected chi connectivity index (χ3v) is 7.54. The monoisotopic (exact) mass is 495 g/mol. The molecule has 8 nitrogen and oxygen atoms in total. The van der Waals surface area contributed by atoms with Crippen molar-refractivity contribution < 1.29 is 26.8 Å². The van der Waals surface area contributed by atoms with Crippen molar-refractivity contribution in [3.05, 3.63) is 29.8 Å². The summed E-state index contributed by atoms with van der Waals surface area (Å²) in [6.07, 6.45) is 6.39. The number of halogens is 1. The first kappa shape index (κ1) is 24.9. The van der Waals surface area contributed by atoms with Gasteiger partial charge in [0.05, 0.1) is 23.2 Å². The molecule has 1 aromatic carbocycles.